The number of nitrogens with zero attached hydrogens (tertiary/aromatic N) is 2. The summed E-state index contributed by atoms with van der Waals surface area (Å²) in [4.78, 5) is 17.4. The number of nitrogens with two attached hydrogens (primary N) is 1. The summed E-state index contributed by atoms with van der Waals surface area (Å²) in [6.07, 6.45) is 3.76. The van der Waals surface area contributed by atoms with Gasteiger partial charge in [0.05, 0.1) is 5.56 Å². The molecule has 2 N–H and O–H groups in total. The van der Waals surface area contributed by atoms with Crippen LogP contribution in [0.15, 0.2) is 22.7 Å². The number of rotatable bonds is 1. The molecule has 114 valence electrons. The lowest BCUT2D eigenvalue weighted by Gasteiger charge is -2.47. The number of amides is 1. The number of anilines is 1. The number of halogens is 1. The van der Waals surface area contributed by atoms with E-state index >= 15 is 0 Å². The fraction of sp³-hybridized carbons (Fsp3) is 0.562. The van der Waals surface area contributed by atoms with Crippen molar-refractivity contribution in [3.63, 3.8) is 0 Å². The smallest absolute Gasteiger partial charge is 0.256 e. The second-order valence-electron chi connectivity index (χ2n) is 6.18. The number of fused-ring (bicyclic) bond motifs is 1. The Kier molecular flexibility index (Phi) is 4.22. The fourth-order valence-electron chi connectivity index (χ4n) is 3.50. The molecule has 0 aliphatic carbocycles. The standard InChI is InChI=1S/C16H22BrN3O/c1-11-9-19-7-3-2-4-13(19)10-20(11)16(21)14-8-12(17)5-6-15(14)18/h5-6,8,11,13H,2-4,7,9-10,18H2,1H3. The summed E-state index contributed by atoms with van der Waals surface area (Å²) in [5.41, 5.74) is 7.16. The Hall–Kier alpha value is -1.07. The summed E-state index contributed by atoms with van der Waals surface area (Å²) < 4.78 is 0.893. The molecule has 2 heterocycles. The molecule has 0 saturated carbocycles. The second-order valence-corrected chi connectivity index (χ2v) is 7.10. The minimum absolute atomic E-state index is 0.0616. The summed E-state index contributed by atoms with van der Waals surface area (Å²) in [6, 6.07) is 6.25. The minimum atomic E-state index is 0.0616. The Balaban J connectivity index is 1.82. The van der Waals surface area contributed by atoms with Crippen LogP contribution in [-0.4, -0.2) is 47.4 Å². The summed E-state index contributed by atoms with van der Waals surface area (Å²) in [6.45, 7) is 5.11. The van der Waals surface area contributed by atoms with Gasteiger partial charge in [-0.15, -0.1) is 0 Å². The van der Waals surface area contributed by atoms with Gasteiger partial charge < -0.3 is 10.6 Å². The van der Waals surface area contributed by atoms with E-state index < -0.39 is 0 Å². The zero-order chi connectivity index (χ0) is 15.0. The van der Waals surface area contributed by atoms with Crippen LogP contribution >= 0.6 is 15.9 Å². The molecule has 2 fully saturated rings. The first-order valence-corrected chi connectivity index (χ1v) is 8.45. The first-order valence-electron chi connectivity index (χ1n) is 7.66. The van der Waals surface area contributed by atoms with Crippen LogP contribution in [0.1, 0.15) is 36.5 Å². The van der Waals surface area contributed by atoms with Gasteiger partial charge in [0.15, 0.2) is 0 Å². The summed E-state index contributed by atoms with van der Waals surface area (Å²) in [7, 11) is 0. The molecule has 21 heavy (non-hydrogen) atoms. The molecule has 0 aromatic heterocycles. The van der Waals surface area contributed by atoms with Crippen molar-refractivity contribution in [3.05, 3.63) is 28.2 Å². The Morgan fingerprint density at radius 2 is 2.14 bits per heavy atom. The minimum Gasteiger partial charge on any atom is -0.398 e. The molecule has 2 atom stereocenters. The van der Waals surface area contributed by atoms with E-state index in [9.17, 15) is 4.79 Å². The van der Waals surface area contributed by atoms with Crippen molar-refractivity contribution in [2.75, 3.05) is 25.4 Å². The average molecular weight is 352 g/mol. The number of piperidine rings is 1. The van der Waals surface area contributed by atoms with Crippen molar-refractivity contribution in [2.45, 2.75) is 38.3 Å². The van der Waals surface area contributed by atoms with Crippen LogP contribution in [0.5, 0.6) is 0 Å². The molecular weight excluding hydrogens is 330 g/mol. The lowest BCUT2D eigenvalue weighted by molar-refractivity contribution is 0.0152. The van der Waals surface area contributed by atoms with Crippen molar-refractivity contribution in [2.24, 2.45) is 0 Å². The third-order valence-electron chi connectivity index (χ3n) is 4.69. The van der Waals surface area contributed by atoms with Crippen molar-refractivity contribution < 1.29 is 4.79 Å². The molecule has 2 unspecified atom stereocenters. The van der Waals surface area contributed by atoms with Gasteiger partial charge in [-0.25, -0.2) is 0 Å². The van der Waals surface area contributed by atoms with E-state index in [1.165, 1.54) is 25.8 Å². The quantitative estimate of drug-likeness (QED) is 0.791. The highest BCUT2D eigenvalue weighted by molar-refractivity contribution is 9.10. The molecule has 3 rings (SSSR count). The first-order chi connectivity index (χ1) is 10.1. The molecule has 1 aromatic carbocycles. The summed E-state index contributed by atoms with van der Waals surface area (Å²) in [5.74, 6) is 0.0616. The normalized spacial score (nSPS) is 26.5. The number of benzene rings is 1. The SMILES string of the molecule is CC1CN2CCCCC2CN1C(=O)c1cc(Br)ccc1N. The van der Waals surface area contributed by atoms with Crippen LogP contribution in [0, 0.1) is 0 Å². The largest absolute Gasteiger partial charge is 0.398 e. The van der Waals surface area contributed by atoms with Crippen molar-refractivity contribution in [1.82, 2.24) is 9.80 Å². The van der Waals surface area contributed by atoms with Crippen LogP contribution < -0.4 is 5.73 Å². The zero-order valence-electron chi connectivity index (χ0n) is 12.4. The Bertz CT molecular complexity index is 548. The van der Waals surface area contributed by atoms with Gasteiger partial charge in [0, 0.05) is 35.3 Å². The molecule has 2 saturated heterocycles. The van der Waals surface area contributed by atoms with Gasteiger partial charge in [-0.05, 0) is 44.5 Å². The maximum Gasteiger partial charge on any atom is 0.256 e. The highest BCUT2D eigenvalue weighted by atomic mass is 79.9. The van der Waals surface area contributed by atoms with Gasteiger partial charge >= 0.3 is 0 Å². The predicted octanol–water partition coefficient (Wildman–Crippen LogP) is 2.73. The molecule has 0 spiro atoms. The number of carbonyl (C=O) groups excluding carboxylic acids is 1. The topological polar surface area (TPSA) is 49.6 Å². The first kappa shape index (κ1) is 14.9. The number of carbonyl (C=O) groups is 1. The lowest BCUT2D eigenvalue weighted by atomic mass is 9.96. The number of hydrogen-bond acceptors (Lipinski definition) is 3. The van der Waals surface area contributed by atoms with E-state index in [1.807, 2.05) is 17.0 Å². The Morgan fingerprint density at radius 3 is 2.95 bits per heavy atom. The lowest BCUT2D eigenvalue weighted by Crippen LogP contribution is -2.60. The third-order valence-corrected chi connectivity index (χ3v) is 5.19. The molecule has 0 bridgehead atoms. The van der Waals surface area contributed by atoms with Crippen molar-refractivity contribution in [1.29, 1.82) is 0 Å². The molecule has 5 heteroatoms. The van der Waals surface area contributed by atoms with E-state index in [0.717, 1.165) is 17.6 Å². The Labute approximate surface area is 134 Å². The predicted molar refractivity (Wildman–Crippen MR) is 88.3 cm³/mol. The molecule has 1 amide bonds. The van der Waals surface area contributed by atoms with E-state index in [1.54, 1.807) is 6.07 Å². The molecule has 0 radical (unpaired) electrons. The van der Waals surface area contributed by atoms with Crippen molar-refractivity contribution >= 4 is 27.5 Å². The van der Waals surface area contributed by atoms with Crippen molar-refractivity contribution in [3.8, 4) is 0 Å². The summed E-state index contributed by atoms with van der Waals surface area (Å²) >= 11 is 3.42. The maximum atomic E-state index is 12.9. The Morgan fingerprint density at radius 1 is 1.33 bits per heavy atom. The third kappa shape index (κ3) is 2.94. The van der Waals surface area contributed by atoms with E-state index in [2.05, 4.69) is 27.8 Å². The second kappa shape index (κ2) is 5.97. The highest BCUT2D eigenvalue weighted by Gasteiger charge is 2.35. The van der Waals surface area contributed by atoms with E-state index in [0.29, 0.717) is 17.3 Å². The van der Waals surface area contributed by atoms with Gasteiger partial charge in [0.25, 0.3) is 5.91 Å². The van der Waals surface area contributed by atoms with Gasteiger partial charge in [0.1, 0.15) is 0 Å². The molecule has 2 aliphatic heterocycles. The van der Waals surface area contributed by atoms with Crippen LogP contribution in [0.3, 0.4) is 0 Å². The van der Waals surface area contributed by atoms with Gasteiger partial charge in [-0.2, -0.15) is 0 Å². The van der Waals surface area contributed by atoms with Crippen LogP contribution in [0.2, 0.25) is 0 Å². The van der Waals surface area contributed by atoms with Crippen LogP contribution in [-0.2, 0) is 0 Å². The van der Waals surface area contributed by atoms with Gasteiger partial charge in [-0.3, -0.25) is 9.69 Å². The fourth-order valence-corrected chi connectivity index (χ4v) is 3.86. The van der Waals surface area contributed by atoms with E-state index in [4.69, 9.17) is 5.73 Å². The molecule has 4 nitrogen and oxygen atoms in total. The van der Waals surface area contributed by atoms with Gasteiger partial charge in [0.2, 0.25) is 0 Å². The number of nitrogen functional groups attached to an aromatic ring is 1. The zero-order valence-corrected chi connectivity index (χ0v) is 14.0. The highest BCUT2D eigenvalue weighted by Crippen LogP contribution is 2.27. The van der Waals surface area contributed by atoms with Crippen LogP contribution in [0.4, 0.5) is 5.69 Å². The average Bonchev–Trinajstić information content (AvgIpc) is 2.48. The molecule has 2 aliphatic rings. The maximum absolute atomic E-state index is 12.9. The van der Waals surface area contributed by atoms with Gasteiger partial charge in [-0.1, -0.05) is 22.4 Å². The molecular formula is C16H22BrN3O. The number of hydrogen-bond donors (Lipinski definition) is 1. The number of piperazine rings is 1. The van der Waals surface area contributed by atoms with E-state index in [-0.39, 0.29) is 11.9 Å². The molecule has 1 aromatic rings. The summed E-state index contributed by atoms with van der Waals surface area (Å²) in [5, 5.41) is 0. The van der Waals surface area contributed by atoms with Crippen LogP contribution in [0.25, 0.3) is 0 Å². The monoisotopic (exact) mass is 351 g/mol.